The van der Waals surface area contributed by atoms with Crippen molar-refractivity contribution in [3.63, 3.8) is 0 Å². The van der Waals surface area contributed by atoms with Crippen LogP contribution >= 0.6 is 15.9 Å². The van der Waals surface area contributed by atoms with Gasteiger partial charge in [-0.1, -0.05) is 0 Å². The first-order valence-corrected chi connectivity index (χ1v) is 7.83. The first-order valence-electron chi connectivity index (χ1n) is 7.04. The van der Waals surface area contributed by atoms with Crippen LogP contribution in [0, 0.1) is 5.92 Å². The number of carbonyl (C=O) groups is 1. The summed E-state index contributed by atoms with van der Waals surface area (Å²) in [6, 6.07) is 2.09. The van der Waals surface area contributed by atoms with Crippen LogP contribution in [-0.2, 0) is 0 Å². The van der Waals surface area contributed by atoms with E-state index in [1.54, 1.807) is 13.2 Å². The van der Waals surface area contributed by atoms with Crippen molar-refractivity contribution >= 4 is 27.7 Å². The number of fused-ring (bicyclic) bond motifs is 3. The summed E-state index contributed by atoms with van der Waals surface area (Å²) in [4.78, 5) is 19.2. The summed E-state index contributed by atoms with van der Waals surface area (Å²) < 4.78 is 0.815. The maximum Gasteiger partial charge on any atom is 0.255 e. The Labute approximate surface area is 127 Å². The molecule has 0 saturated carbocycles. The molecule has 1 amide bonds. The summed E-state index contributed by atoms with van der Waals surface area (Å²) in [5.41, 5.74) is 0.596. The maximum atomic E-state index is 12.5. The van der Waals surface area contributed by atoms with Crippen LogP contribution in [0.25, 0.3) is 0 Å². The second-order valence-corrected chi connectivity index (χ2v) is 6.43. The van der Waals surface area contributed by atoms with Crippen LogP contribution < -0.4 is 10.6 Å². The monoisotopic (exact) mass is 338 g/mol. The lowest BCUT2D eigenvalue weighted by Crippen LogP contribution is -2.57. The zero-order chi connectivity index (χ0) is 14.1. The molecule has 0 radical (unpaired) electrons. The molecule has 4 heterocycles. The third-order valence-electron chi connectivity index (χ3n) is 4.31. The highest BCUT2D eigenvalue weighted by Gasteiger charge is 2.35. The lowest BCUT2D eigenvalue weighted by Gasteiger charge is -2.44. The van der Waals surface area contributed by atoms with E-state index in [1.165, 1.54) is 25.9 Å². The Balaban J connectivity index is 1.75. The lowest BCUT2D eigenvalue weighted by atomic mass is 9.84. The van der Waals surface area contributed by atoms with Gasteiger partial charge in [-0.15, -0.1) is 0 Å². The van der Waals surface area contributed by atoms with Gasteiger partial charge in [-0.25, -0.2) is 4.98 Å². The number of carbonyl (C=O) groups excluding carboxylic acids is 1. The van der Waals surface area contributed by atoms with Crippen molar-refractivity contribution < 1.29 is 4.79 Å². The zero-order valence-electron chi connectivity index (χ0n) is 11.5. The van der Waals surface area contributed by atoms with Crippen LogP contribution in [0.2, 0.25) is 0 Å². The van der Waals surface area contributed by atoms with E-state index in [9.17, 15) is 4.79 Å². The number of hydrogen-bond donors (Lipinski definition) is 2. The smallest absolute Gasteiger partial charge is 0.255 e. The van der Waals surface area contributed by atoms with Gasteiger partial charge in [0.1, 0.15) is 5.82 Å². The van der Waals surface area contributed by atoms with Crippen LogP contribution in [0.1, 0.15) is 23.2 Å². The summed E-state index contributed by atoms with van der Waals surface area (Å²) in [6.45, 7) is 3.33. The summed E-state index contributed by atoms with van der Waals surface area (Å²) in [7, 11) is 1.78. The Morgan fingerprint density at radius 2 is 2.20 bits per heavy atom. The second-order valence-electron chi connectivity index (χ2n) is 5.52. The molecule has 0 spiro atoms. The van der Waals surface area contributed by atoms with E-state index in [0.29, 0.717) is 17.3 Å². The highest BCUT2D eigenvalue weighted by Crippen LogP contribution is 2.28. The molecular weight excluding hydrogens is 320 g/mol. The molecule has 6 heteroatoms. The van der Waals surface area contributed by atoms with Crippen molar-refractivity contribution in [2.45, 2.75) is 18.9 Å². The Morgan fingerprint density at radius 3 is 2.80 bits per heavy atom. The van der Waals surface area contributed by atoms with E-state index >= 15 is 0 Å². The molecule has 1 aromatic heterocycles. The molecule has 3 aliphatic heterocycles. The van der Waals surface area contributed by atoms with Gasteiger partial charge in [0.25, 0.3) is 5.91 Å². The number of anilines is 1. The third kappa shape index (κ3) is 2.67. The van der Waals surface area contributed by atoms with Gasteiger partial charge in [0.15, 0.2) is 0 Å². The number of piperidine rings is 3. The Bertz CT molecular complexity index is 514. The highest BCUT2D eigenvalue weighted by atomic mass is 79.9. The molecule has 1 unspecified atom stereocenters. The minimum atomic E-state index is -0.0399. The molecule has 3 saturated heterocycles. The van der Waals surface area contributed by atoms with Gasteiger partial charge >= 0.3 is 0 Å². The molecule has 3 aliphatic rings. The molecule has 1 aromatic rings. The predicted octanol–water partition coefficient (Wildman–Crippen LogP) is 1.71. The fraction of sp³-hybridized carbons (Fsp3) is 0.571. The lowest BCUT2D eigenvalue weighted by molar-refractivity contribution is 0.0620. The first kappa shape index (κ1) is 13.8. The van der Waals surface area contributed by atoms with Crippen LogP contribution in [0.4, 0.5) is 5.82 Å². The third-order valence-corrected chi connectivity index (χ3v) is 4.74. The minimum Gasteiger partial charge on any atom is -0.372 e. The first-order chi connectivity index (χ1) is 9.67. The van der Waals surface area contributed by atoms with Crippen molar-refractivity contribution in [1.29, 1.82) is 0 Å². The number of halogens is 1. The quantitative estimate of drug-likeness (QED) is 0.880. The number of nitrogens with zero attached hydrogens (tertiary/aromatic N) is 2. The number of amides is 1. The van der Waals surface area contributed by atoms with Crippen LogP contribution in [0.3, 0.4) is 0 Å². The molecular formula is C14H19BrN4O. The standard InChI is InChI=1S/C14H19BrN4O/c1-16-13-11(6-10(15)7-17-13)14(20)18-12-8-19-4-2-9(12)3-5-19/h6-7,9,12H,2-5,8H2,1H3,(H,16,17)(H,18,20). The van der Waals surface area contributed by atoms with Gasteiger partial charge in [-0.05, 0) is 53.8 Å². The molecule has 20 heavy (non-hydrogen) atoms. The minimum absolute atomic E-state index is 0.0399. The van der Waals surface area contributed by atoms with Gasteiger partial charge < -0.3 is 15.5 Å². The number of rotatable bonds is 3. The summed E-state index contributed by atoms with van der Waals surface area (Å²) in [6.07, 6.45) is 4.08. The average molecular weight is 339 g/mol. The van der Waals surface area contributed by atoms with Crippen LogP contribution in [0.5, 0.6) is 0 Å². The molecule has 2 N–H and O–H groups in total. The largest absolute Gasteiger partial charge is 0.372 e. The van der Waals surface area contributed by atoms with Gasteiger partial charge in [-0.3, -0.25) is 4.79 Å². The van der Waals surface area contributed by atoms with Crippen molar-refractivity contribution in [2.24, 2.45) is 5.92 Å². The summed E-state index contributed by atoms with van der Waals surface area (Å²) >= 11 is 3.37. The summed E-state index contributed by atoms with van der Waals surface area (Å²) in [5, 5.41) is 6.16. The molecule has 0 aliphatic carbocycles. The maximum absolute atomic E-state index is 12.5. The Kier molecular flexibility index (Phi) is 3.94. The fourth-order valence-electron chi connectivity index (χ4n) is 3.19. The van der Waals surface area contributed by atoms with Crippen LogP contribution in [0.15, 0.2) is 16.7 Å². The van der Waals surface area contributed by atoms with Gasteiger partial charge in [0.05, 0.1) is 5.56 Å². The van der Waals surface area contributed by atoms with E-state index in [1.807, 2.05) is 6.07 Å². The van der Waals surface area contributed by atoms with E-state index < -0.39 is 0 Å². The van der Waals surface area contributed by atoms with E-state index in [-0.39, 0.29) is 11.9 Å². The molecule has 2 bridgehead atoms. The molecule has 108 valence electrons. The van der Waals surface area contributed by atoms with Crippen molar-refractivity contribution in [3.05, 3.63) is 22.3 Å². The van der Waals surface area contributed by atoms with Crippen molar-refractivity contribution in [1.82, 2.24) is 15.2 Å². The van der Waals surface area contributed by atoms with E-state index in [0.717, 1.165) is 11.0 Å². The number of nitrogens with one attached hydrogen (secondary N) is 2. The second kappa shape index (κ2) is 5.69. The molecule has 3 fully saturated rings. The SMILES string of the molecule is CNc1ncc(Br)cc1C(=O)NC1CN2CCC1CC2. The van der Waals surface area contributed by atoms with E-state index in [4.69, 9.17) is 0 Å². The van der Waals surface area contributed by atoms with Gasteiger partial charge in [0, 0.05) is 30.3 Å². The number of aromatic nitrogens is 1. The molecule has 4 rings (SSSR count). The van der Waals surface area contributed by atoms with Crippen LogP contribution in [-0.4, -0.2) is 48.5 Å². The number of hydrogen-bond acceptors (Lipinski definition) is 4. The van der Waals surface area contributed by atoms with Gasteiger partial charge in [0.2, 0.25) is 0 Å². The molecule has 0 aromatic carbocycles. The van der Waals surface area contributed by atoms with E-state index in [2.05, 4.69) is 36.4 Å². The molecule has 1 atom stereocenters. The number of pyridine rings is 1. The zero-order valence-corrected chi connectivity index (χ0v) is 13.1. The van der Waals surface area contributed by atoms with Crippen molar-refractivity contribution in [3.8, 4) is 0 Å². The Hall–Kier alpha value is -1.14. The Morgan fingerprint density at radius 1 is 1.45 bits per heavy atom. The van der Waals surface area contributed by atoms with Crippen molar-refractivity contribution in [2.75, 3.05) is 32.0 Å². The highest BCUT2D eigenvalue weighted by molar-refractivity contribution is 9.10. The predicted molar refractivity (Wildman–Crippen MR) is 81.9 cm³/mol. The summed E-state index contributed by atoms with van der Waals surface area (Å²) in [5.74, 6) is 1.20. The normalized spacial score (nSPS) is 28.2. The molecule has 5 nitrogen and oxygen atoms in total. The topological polar surface area (TPSA) is 57.3 Å². The van der Waals surface area contributed by atoms with Gasteiger partial charge in [-0.2, -0.15) is 0 Å². The average Bonchev–Trinajstić information content (AvgIpc) is 2.48. The fourth-order valence-corrected chi connectivity index (χ4v) is 3.52.